The van der Waals surface area contributed by atoms with E-state index >= 15 is 0 Å². The Balaban J connectivity index is 1.62. The summed E-state index contributed by atoms with van der Waals surface area (Å²) in [5.41, 5.74) is 1.50. The topological polar surface area (TPSA) is 93.9 Å². The lowest BCUT2D eigenvalue weighted by molar-refractivity contribution is -0.122. The van der Waals surface area contributed by atoms with Crippen molar-refractivity contribution in [3.05, 3.63) is 81.6 Å². The van der Waals surface area contributed by atoms with Crippen molar-refractivity contribution in [2.24, 2.45) is 0 Å². The lowest BCUT2D eigenvalue weighted by Gasteiger charge is -2.11. The third-order valence-electron chi connectivity index (χ3n) is 5.01. The van der Waals surface area contributed by atoms with Crippen LogP contribution in [-0.2, 0) is 9.59 Å². The second-order valence-corrected chi connectivity index (χ2v) is 8.02. The van der Waals surface area contributed by atoms with Gasteiger partial charge in [0, 0.05) is 18.1 Å². The highest BCUT2D eigenvalue weighted by Gasteiger charge is 2.36. The molecule has 1 aliphatic heterocycles. The van der Waals surface area contributed by atoms with Gasteiger partial charge in [-0.1, -0.05) is 42.2 Å². The van der Waals surface area contributed by atoms with Crippen LogP contribution in [0.15, 0.2) is 66.0 Å². The maximum atomic E-state index is 13.1. The first-order valence-corrected chi connectivity index (χ1v) is 10.5. The average molecular weight is 444 g/mol. The summed E-state index contributed by atoms with van der Waals surface area (Å²) < 4.78 is 6.87. The molecule has 0 spiro atoms. The zero-order valence-electron chi connectivity index (χ0n) is 16.9. The van der Waals surface area contributed by atoms with Crippen LogP contribution in [0.1, 0.15) is 12.5 Å². The Labute approximate surface area is 185 Å². The molecule has 2 aromatic carbocycles. The summed E-state index contributed by atoms with van der Waals surface area (Å²) in [6, 6.07) is 14.1. The number of amides is 2. The molecule has 9 heteroatoms. The van der Waals surface area contributed by atoms with Gasteiger partial charge in [-0.05, 0) is 30.3 Å². The largest absolute Gasteiger partial charge is 0.490 e. The van der Waals surface area contributed by atoms with Crippen molar-refractivity contribution in [1.82, 2.24) is 14.6 Å². The average Bonchev–Trinajstić information content (AvgIpc) is 3.42. The number of aromatic nitrogens is 3. The number of fused-ring (bicyclic) bond motifs is 2. The number of hydrogen-bond donors (Lipinski definition) is 0. The highest BCUT2D eigenvalue weighted by Crippen LogP contribution is 2.35. The minimum absolute atomic E-state index is 0.198. The number of ether oxygens (including phenoxy) is 1. The van der Waals surface area contributed by atoms with Crippen LogP contribution < -0.4 is 19.7 Å². The monoisotopic (exact) mass is 444 g/mol. The fourth-order valence-electron chi connectivity index (χ4n) is 3.61. The number of nitrogens with zero attached hydrogens (tertiary/aromatic N) is 4. The normalized spacial score (nSPS) is 14.7. The highest BCUT2D eigenvalue weighted by molar-refractivity contribution is 7.15. The van der Waals surface area contributed by atoms with E-state index in [4.69, 9.17) is 4.74 Å². The molecule has 4 aromatic rings. The Morgan fingerprint density at radius 2 is 1.91 bits per heavy atom. The molecule has 2 amide bonds. The van der Waals surface area contributed by atoms with Crippen LogP contribution in [0.2, 0.25) is 0 Å². The summed E-state index contributed by atoms with van der Waals surface area (Å²) in [7, 11) is 0. The second kappa shape index (κ2) is 7.54. The van der Waals surface area contributed by atoms with Crippen LogP contribution in [0, 0.1) is 0 Å². The molecule has 0 N–H and O–H groups in total. The van der Waals surface area contributed by atoms with Crippen LogP contribution in [-0.4, -0.2) is 33.0 Å². The van der Waals surface area contributed by atoms with Crippen molar-refractivity contribution in [2.45, 2.75) is 6.92 Å². The predicted molar refractivity (Wildman–Crippen MR) is 121 cm³/mol. The van der Waals surface area contributed by atoms with Crippen LogP contribution in [0.3, 0.4) is 0 Å². The summed E-state index contributed by atoms with van der Waals surface area (Å²) in [5, 5.41) is 4.34. The van der Waals surface area contributed by atoms with Crippen LogP contribution in [0.25, 0.3) is 21.9 Å². The lowest BCUT2D eigenvalue weighted by atomic mass is 10.1. The summed E-state index contributed by atoms with van der Waals surface area (Å²) >= 11 is 1.08. The zero-order valence-corrected chi connectivity index (χ0v) is 17.8. The minimum atomic E-state index is -0.518. The van der Waals surface area contributed by atoms with E-state index in [-0.39, 0.29) is 10.1 Å². The summed E-state index contributed by atoms with van der Waals surface area (Å²) in [4.78, 5) is 44.1. The van der Waals surface area contributed by atoms with Crippen LogP contribution >= 0.6 is 11.3 Å². The summed E-state index contributed by atoms with van der Waals surface area (Å²) in [6.45, 7) is 5.34. The highest BCUT2D eigenvalue weighted by atomic mass is 32.1. The summed E-state index contributed by atoms with van der Waals surface area (Å²) in [6.07, 6.45) is 1.66. The zero-order chi connectivity index (χ0) is 22.4. The predicted octanol–water partition coefficient (Wildman–Crippen LogP) is 2.19. The lowest BCUT2D eigenvalue weighted by Crippen LogP contribution is -2.35. The summed E-state index contributed by atoms with van der Waals surface area (Å²) in [5.74, 6) is 0.151. The van der Waals surface area contributed by atoms with Crippen molar-refractivity contribution in [2.75, 3.05) is 11.5 Å². The molecule has 0 fully saturated rings. The molecule has 1 aliphatic rings. The van der Waals surface area contributed by atoms with Gasteiger partial charge in [0.1, 0.15) is 16.9 Å². The third-order valence-corrected chi connectivity index (χ3v) is 6.04. The van der Waals surface area contributed by atoms with Gasteiger partial charge in [-0.2, -0.15) is 9.50 Å². The van der Waals surface area contributed by atoms with Gasteiger partial charge in [0.05, 0.1) is 11.3 Å². The molecule has 5 rings (SSSR count). The second-order valence-electron chi connectivity index (χ2n) is 7.04. The fraction of sp³-hybridized carbons (Fsp3) is 0.0870. The van der Waals surface area contributed by atoms with E-state index in [0.717, 1.165) is 21.8 Å². The first-order chi connectivity index (χ1) is 15.5. The molecule has 158 valence electrons. The van der Waals surface area contributed by atoms with Gasteiger partial charge in [-0.15, -0.1) is 5.10 Å². The van der Waals surface area contributed by atoms with E-state index in [2.05, 4.69) is 16.7 Å². The van der Waals surface area contributed by atoms with Crippen molar-refractivity contribution < 1.29 is 14.3 Å². The van der Waals surface area contributed by atoms with E-state index in [1.54, 1.807) is 54.6 Å². The number of para-hydroxylation sites is 1. The molecule has 0 atom stereocenters. The van der Waals surface area contributed by atoms with Crippen molar-refractivity contribution in [3.63, 3.8) is 0 Å². The molecule has 2 aromatic heterocycles. The SMILES string of the molecule is C=CCOc1ccc(-c2nc3sc(=C4C(=O)N(C(C)=O)c5ccccc54)c(=O)n3n2)cc1. The van der Waals surface area contributed by atoms with E-state index in [0.29, 0.717) is 34.4 Å². The number of thiazole rings is 1. The number of benzene rings is 2. The van der Waals surface area contributed by atoms with Gasteiger partial charge >= 0.3 is 0 Å². The molecule has 0 bridgehead atoms. The molecule has 0 aliphatic carbocycles. The van der Waals surface area contributed by atoms with E-state index in [9.17, 15) is 14.4 Å². The standard InChI is InChI=1S/C23H16N4O4S/c1-3-12-31-15-10-8-14(9-11-15)20-24-23-27(25-20)22(30)19(32-23)18-16-6-4-5-7-17(16)26(13(2)28)21(18)29/h3-11H,1,12H2,2H3. The molecule has 0 saturated heterocycles. The van der Waals surface area contributed by atoms with Gasteiger partial charge in [0.15, 0.2) is 5.82 Å². The third kappa shape index (κ3) is 3.02. The number of hydrogen-bond acceptors (Lipinski definition) is 7. The van der Waals surface area contributed by atoms with E-state index in [1.807, 2.05) is 0 Å². The molecule has 3 heterocycles. The first-order valence-electron chi connectivity index (χ1n) is 9.72. The minimum Gasteiger partial charge on any atom is -0.490 e. The van der Waals surface area contributed by atoms with Gasteiger partial charge in [-0.25, -0.2) is 4.90 Å². The number of carbonyl (C=O) groups is 2. The molecule has 0 radical (unpaired) electrons. The van der Waals surface area contributed by atoms with Crippen LogP contribution in [0.4, 0.5) is 5.69 Å². The molecule has 0 unspecified atom stereocenters. The number of rotatable bonds is 4. The first kappa shape index (κ1) is 19.8. The van der Waals surface area contributed by atoms with Gasteiger partial charge in [0.25, 0.3) is 11.5 Å². The number of imide groups is 1. The Hall–Kier alpha value is -4.11. The van der Waals surface area contributed by atoms with Crippen molar-refractivity contribution in [3.8, 4) is 17.1 Å². The number of carbonyl (C=O) groups excluding carboxylic acids is 2. The quantitative estimate of drug-likeness (QED) is 0.448. The maximum absolute atomic E-state index is 13.1. The Morgan fingerprint density at radius 1 is 1.16 bits per heavy atom. The van der Waals surface area contributed by atoms with Crippen molar-refractivity contribution in [1.29, 1.82) is 0 Å². The van der Waals surface area contributed by atoms with Gasteiger partial charge in [-0.3, -0.25) is 14.4 Å². The van der Waals surface area contributed by atoms with Gasteiger partial charge < -0.3 is 4.74 Å². The van der Waals surface area contributed by atoms with Gasteiger partial charge in [0.2, 0.25) is 10.9 Å². The van der Waals surface area contributed by atoms with Crippen molar-refractivity contribution >= 4 is 39.4 Å². The molecular formula is C23H16N4O4S. The Bertz CT molecular complexity index is 1520. The fourth-order valence-corrected chi connectivity index (χ4v) is 4.61. The molecular weight excluding hydrogens is 428 g/mol. The maximum Gasteiger partial charge on any atom is 0.291 e. The molecule has 32 heavy (non-hydrogen) atoms. The molecule has 0 saturated carbocycles. The molecule has 8 nitrogen and oxygen atoms in total. The van der Waals surface area contributed by atoms with E-state index < -0.39 is 17.4 Å². The smallest absolute Gasteiger partial charge is 0.291 e. The van der Waals surface area contributed by atoms with E-state index in [1.165, 1.54) is 11.4 Å². The Morgan fingerprint density at radius 3 is 2.59 bits per heavy atom. The Kier molecular flexibility index (Phi) is 4.67. The van der Waals surface area contributed by atoms with Crippen LogP contribution in [0.5, 0.6) is 5.75 Å². The number of anilines is 1.